The molecule has 0 fully saturated rings. The maximum atomic E-state index is 11.9. The Labute approximate surface area is 112 Å². The number of aryl methyl sites for hydroxylation is 1. The molecule has 0 N–H and O–H groups in total. The summed E-state index contributed by atoms with van der Waals surface area (Å²) >= 11 is 0. The van der Waals surface area contributed by atoms with E-state index in [1.165, 1.54) is 0 Å². The van der Waals surface area contributed by atoms with Crippen LogP contribution < -0.4 is 4.74 Å². The highest BCUT2D eigenvalue weighted by Crippen LogP contribution is 2.19. The Kier molecular flexibility index (Phi) is 4.18. The fraction of sp³-hybridized carbons (Fsp3) is 0.188. The van der Waals surface area contributed by atoms with Crippen molar-refractivity contribution in [1.82, 2.24) is 0 Å². The molecule has 2 aromatic rings. The molecule has 0 saturated carbocycles. The monoisotopic (exact) mass is 256 g/mol. The van der Waals surface area contributed by atoms with Crippen LogP contribution in [0.4, 0.5) is 0 Å². The van der Waals surface area contributed by atoms with Crippen molar-refractivity contribution in [3.05, 3.63) is 65.2 Å². The van der Waals surface area contributed by atoms with Gasteiger partial charge in [0.2, 0.25) is 0 Å². The number of carbonyl (C=O) groups is 1. The van der Waals surface area contributed by atoms with Crippen molar-refractivity contribution in [3.63, 3.8) is 0 Å². The van der Waals surface area contributed by atoms with Crippen molar-refractivity contribution < 1.29 is 14.3 Å². The molecule has 98 valence electrons. The Bertz CT molecular complexity index is 561. The first-order chi connectivity index (χ1) is 9.20. The minimum absolute atomic E-state index is 0.274. The van der Waals surface area contributed by atoms with Crippen molar-refractivity contribution in [3.8, 4) is 5.75 Å². The van der Waals surface area contributed by atoms with Gasteiger partial charge in [0.1, 0.15) is 12.4 Å². The first kappa shape index (κ1) is 13.1. The lowest BCUT2D eigenvalue weighted by Gasteiger charge is -2.08. The summed E-state index contributed by atoms with van der Waals surface area (Å²) in [6, 6.07) is 14.9. The van der Waals surface area contributed by atoms with E-state index in [0.29, 0.717) is 11.3 Å². The lowest BCUT2D eigenvalue weighted by atomic mass is 10.1. The average Bonchev–Trinajstić information content (AvgIpc) is 2.46. The molecular formula is C16H16O3. The summed E-state index contributed by atoms with van der Waals surface area (Å²) in [5.74, 6) is 0.344. The van der Waals surface area contributed by atoms with E-state index in [1.807, 2.05) is 43.3 Å². The maximum absolute atomic E-state index is 11.9. The maximum Gasteiger partial charge on any atom is 0.338 e. The van der Waals surface area contributed by atoms with E-state index in [0.717, 1.165) is 11.1 Å². The van der Waals surface area contributed by atoms with Gasteiger partial charge in [0.25, 0.3) is 0 Å². The van der Waals surface area contributed by atoms with Crippen LogP contribution in [-0.4, -0.2) is 13.1 Å². The number of carbonyl (C=O) groups excluding carboxylic acids is 1. The molecule has 0 heterocycles. The molecule has 2 aromatic carbocycles. The van der Waals surface area contributed by atoms with Gasteiger partial charge in [-0.05, 0) is 30.2 Å². The van der Waals surface area contributed by atoms with E-state index in [9.17, 15) is 4.79 Å². The number of rotatable bonds is 4. The van der Waals surface area contributed by atoms with Crippen LogP contribution in [0, 0.1) is 6.92 Å². The third-order valence-corrected chi connectivity index (χ3v) is 2.86. The van der Waals surface area contributed by atoms with E-state index in [4.69, 9.17) is 9.47 Å². The fourth-order valence-electron chi connectivity index (χ4n) is 1.75. The molecule has 0 radical (unpaired) electrons. The first-order valence-electron chi connectivity index (χ1n) is 6.06. The van der Waals surface area contributed by atoms with Crippen molar-refractivity contribution in [1.29, 1.82) is 0 Å². The Morgan fingerprint density at radius 3 is 2.53 bits per heavy atom. The van der Waals surface area contributed by atoms with Crippen LogP contribution in [0.1, 0.15) is 21.5 Å². The predicted molar refractivity (Wildman–Crippen MR) is 73.3 cm³/mol. The molecule has 0 saturated heterocycles. The summed E-state index contributed by atoms with van der Waals surface area (Å²) in [7, 11) is 1.58. The number of benzene rings is 2. The molecule has 19 heavy (non-hydrogen) atoms. The molecule has 0 aromatic heterocycles. The second-order valence-corrected chi connectivity index (χ2v) is 4.25. The van der Waals surface area contributed by atoms with Crippen molar-refractivity contribution >= 4 is 5.97 Å². The van der Waals surface area contributed by atoms with Crippen LogP contribution in [0.2, 0.25) is 0 Å². The largest absolute Gasteiger partial charge is 0.496 e. The van der Waals surface area contributed by atoms with Gasteiger partial charge in [-0.3, -0.25) is 0 Å². The van der Waals surface area contributed by atoms with E-state index in [2.05, 4.69) is 0 Å². The van der Waals surface area contributed by atoms with Gasteiger partial charge in [0, 0.05) is 0 Å². The fourth-order valence-corrected chi connectivity index (χ4v) is 1.75. The third kappa shape index (κ3) is 3.35. The molecule has 0 aliphatic heterocycles. The van der Waals surface area contributed by atoms with E-state index in [-0.39, 0.29) is 12.6 Å². The molecule has 0 spiro atoms. The smallest absolute Gasteiger partial charge is 0.338 e. The lowest BCUT2D eigenvalue weighted by molar-refractivity contribution is 0.0472. The molecule has 0 atom stereocenters. The standard InChI is InChI=1S/C16H16O3/c1-12-8-9-14(10-15(12)18-2)16(17)19-11-13-6-4-3-5-7-13/h3-10H,11H2,1-2H3. The van der Waals surface area contributed by atoms with Crippen molar-refractivity contribution in [2.45, 2.75) is 13.5 Å². The highest BCUT2D eigenvalue weighted by atomic mass is 16.5. The van der Waals surface area contributed by atoms with Gasteiger partial charge >= 0.3 is 5.97 Å². The van der Waals surface area contributed by atoms with Gasteiger partial charge in [-0.15, -0.1) is 0 Å². The van der Waals surface area contributed by atoms with Crippen LogP contribution in [-0.2, 0) is 11.3 Å². The van der Waals surface area contributed by atoms with Crippen molar-refractivity contribution in [2.24, 2.45) is 0 Å². The Balaban J connectivity index is 2.04. The van der Waals surface area contributed by atoms with Crippen LogP contribution in [0.25, 0.3) is 0 Å². The number of ether oxygens (including phenoxy) is 2. The summed E-state index contributed by atoms with van der Waals surface area (Å²) in [6.07, 6.45) is 0. The SMILES string of the molecule is COc1cc(C(=O)OCc2ccccc2)ccc1C. The van der Waals surface area contributed by atoms with Gasteiger partial charge in [0.15, 0.2) is 0 Å². The van der Waals surface area contributed by atoms with E-state index in [1.54, 1.807) is 19.2 Å². The zero-order valence-corrected chi connectivity index (χ0v) is 11.1. The molecule has 0 aliphatic carbocycles. The summed E-state index contributed by atoms with van der Waals surface area (Å²) in [4.78, 5) is 11.9. The number of methoxy groups -OCH3 is 1. The molecule has 3 heteroatoms. The number of esters is 1. The minimum atomic E-state index is -0.345. The summed E-state index contributed by atoms with van der Waals surface area (Å²) in [6.45, 7) is 2.20. The van der Waals surface area contributed by atoms with Crippen LogP contribution in [0.3, 0.4) is 0 Å². The normalized spacial score (nSPS) is 10.0. The summed E-state index contributed by atoms with van der Waals surface area (Å²) in [5.41, 5.74) is 2.45. The predicted octanol–water partition coefficient (Wildman–Crippen LogP) is 3.36. The van der Waals surface area contributed by atoms with Gasteiger partial charge in [-0.2, -0.15) is 0 Å². The zero-order chi connectivity index (χ0) is 13.7. The molecule has 3 nitrogen and oxygen atoms in total. The second kappa shape index (κ2) is 6.05. The van der Waals surface area contributed by atoms with E-state index >= 15 is 0 Å². The van der Waals surface area contributed by atoms with E-state index < -0.39 is 0 Å². The molecular weight excluding hydrogens is 240 g/mol. The second-order valence-electron chi connectivity index (χ2n) is 4.25. The molecule has 0 amide bonds. The van der Waals surface area contributed by atoms with Gasteiger partial charge in [-0.25, -0.2) is 4.79 Å². The van der Waals surface area contributed by atoms with Crippen LogP contribution >= 0.6 is 0 Å². The highest BCUT2D eigenvalue weighted by Gasteiger charge is 2.09. The average molecular weight is 256 g/mol. The van der Waals surface area contributed by atoms with Gasteiger partial charge < -0.3 is 9.47 Å². The Hall–Kier alpha value is -2.29. The highest BCUT2D eigenvalue weighted by molar-refractivity contribution is 5.90. The third-order valence-electron chi connectivity index (χ3n) is 2.86. The van der Waals surface area contributed by atoms with Crippen LogP contribution in [0.15, 0.2) is 48.5 Å². The summed E-state index contributed by atoms with van der Waals surface area (Å²) < 4.78 is 10.4. The van der Waals surface area contributed by atoms with Gasteiger partial charge in [-0.1, -0.05) is 36.4 Å². The molecule has 2 rings (SSSR count). The van der Waals surface area contributed by atoms with Gasteiger partial charge in [0.05, 0.1) is 12.7 Å². The Morgan fingerprint density at radius 1 is 1.11 bits per heavy atom. The minimum Gasteiger partial charge on any atom is -0.496 e. The molecule has 0 bridgehead atoms. The molecule has 0 unspecified atom stereocenters. The van der Waals surface area contributed by atoms with Crippen LogP contribution in [0.5, 0.6) is 5.75 Å². The number of hydrogen-bond donors (Lipinski definition) is 0. The zero-order valence-electron chi connectivity index (χ0n) is 11.1. The van der Waals surface area contributed by atoms with Crippen molar-refractivity contribution in [2.75, 3.05) is 7.11 Å². The molecule has 0 aliphatic rings. The summed E-state index contributed by atoms with van der Waals surface area (Å²) in [5, 5.41) is 0. The Morgan fingerprint density at radius 2 is 1.84 bits per heavy atom. The lowest BCUT2D eigenvalue weighted by Crippen LogP contribution is -2.05. The first-order valence-corrected chi connectivity index (χ1v) is 6.06. The quantitative estimate of drug-likeness (QED) is 0.787. The topological polar surface area (TPSA) is 35.5 Å². The number of hydrogen-bond acceptors (Lipinski definition) is 3.